The Labute approximate surface area is 98.6 Å². The van der Waals surface area contributed by atoms with Gasteiger partial charge in [-0.2, -0.15) is 0 Å². The van der Waals surface area contributed by atoms with Crippen LogP contribution in [-0.2, 0) is 4.79 Å². The Morgan fingerprint density at radius 3 is 2.88 bits per heavy atom. The minimum Gasteiger partial charge on any atom is -0.497 e. The van der Waals surface area contributed by atoms with E-state index >= 15 is 0 Å². The van der Waals surface area contributed by atoms with Gasteiger partial charge in [0.05, 0.1) is 12.8 Å². The number of carbonyl (C=O) groups excluding carboxylic acids is 2. The number of hydrogen-bond donors (Lipinski definition) is 0. The zero-order valence-corrected chi connectivity index (χ0v) is 9.99. The molecule has 86 valence electrons. The molecule has 0 aliphatic rings. The molecule has 2 amide bonds. The van der Waals surface area contributed by atoms with Gasteiger partial charge in [-0.15, -0.1) is 0 Å². The lowest BCUT2D eigenvalue weighted by Gasteiger charge is -2.15. The molecule has 0 aromatic heterocycles. The summed E-state index contributed by atoms with van der Waals surface area (Å²) in [6.45, 7) is 1.86. The van der Waals surface area contributed by atoms with Crippen LogP contribution in [0.3, 0.4) is 0 Å². The third-order valence-corrected chi connectivity index (χ3v) is 2.63. The maximum absolute atomic E-state index is 11.6. The number of anilines is 1. The van der Waals surface area contributed by atoms with Gasteiger partial charge in [-0.05, 0) is 17.9 Å². The fourth-order valence-corrected chi connectivity index (χ4v) is 1.70. The van der Waals surface area contributed by atoms with Crippen molar-refractivity contribution >= 4 is 29.1 Å². The van der Waals surface area contributed by atoms with Crippen molar-refractivity contribution in [2.75, 3.05) is 17.8 Å². The molecule has 0 atom stereocenters. The van der Waals surface area contributed by atoms with Crippen LogP contribution in [0.15, 0.2) is 24.3 Å². The van der Waals surface area contributed by atoms with Gasteiger partial charge in [-0.25, -0.2) is 4.90 Å². The van der Waals surface area contributed by atoms with Gasteiger partial charge in [-0.1, -0.05) is 24.8 Å². The van der Waals surface area contributed by atoms with E-state index in [0.717, 1.165) is 16.7 Å². The van der Waals surface area contributed by atoms with Crippen molar-refractivity contribution in [2.45, 2.75) is 6.92 Å². The second-order valence-electron chi connectivity index (χ2n) is 2.88. The normalized spacial score (nSPS) is 9.62. The highest BCUT2D eigenvalue weighted by Crippen LogP contribution is 2.22. The SMILES string of the molecule is CCSC(=O)N(C=O)c1cccc(OC)c1. The van der Waals surface area contributed by atoms with Crippen LogP contribution in [0, 0.1) is 0 Å². The number of imide groups is 1. The molecule has 0 bridgehead atoms. The zero-order chi connectivity index (χ0) is 12.0. The van der Waals surface area contributed by atoms with E-state index in [1.54, 1.807) is 24.3 Å². The Kier molecular flexibility index (Phi) is 4.85. The van der Waals surface area contributed by atoms with Crippen LogP contribution in [0.5, 0.6) is 5.75 Å². The number of hydrogen-bond acceptors (Lipinski definition) is 4. The van der Waals surface area contributed by atoms with E-state index in [1.807, 2.05) is 6.92 Å². The molecular formula is C11H13NO3S. The standard InChI is InChI=1S/C11H13NO3S/c1-3-16-11(14)12(8-13)9-5-4-6-10(7-9)15-2/h4-8H,3H2,1-2H3. The van der Waals surface area contributed by atoms with Crippen LogP contribution >= 0.6 is 11.8 Å². The quantitative estimate of drug-likeness (QED) is 0.757. The average molecular weight is 239 g/mol. The summed E-state index contributed by atoms with van der Waals surface area (Å²) in [5, 5.41) is -0.286. The number of thioether (sulfide) groups is 1. The van der Waals surface area contributed by atoms with Crippen molar-refractivity contribution in [3.05, 3.63) is 24.3 Å². The minimum absolute atomic E-state index is 0.286. The van der Waals surface area contributed by atoms with Gasteiger partial charge < -0.3 is 4.74 Å². The van der Waals surface area contributed by atoms with Gasteiger partial charge in [0.15, 0.2) is 0 Å². The van der Waals surface area contributed by atoms with Crippen LogP contribution in [0.25, 0.3) is 0 Å². The van der Waals surface area contributed by atoms with Gasteiger partial charge in [0, 0.05) is 6.07 Å². The smallest absolute Gasteiger partial charge is 0.292 e. The molecule has 0 spiro atoms. The van der Waals surface area contributed by atoms with Crippen LogP contribution < -0.4 is 9.64 Å². The van der Waals surface area contributed by atoms with Crippen molar-refractivity contribution < 1.29 is 14.3 Å². The van der Waals surface area contributed by atoms with E-state index in [-0.39, 0.29) is 5.24 Å². The topological polar surface area (TPSA) is 46.6 Å². The predicted molar refractivity (Wildman–Crippen MR) is 65.1 cm³/mol. The van der Waals surface area contributed by atoms with Gasteiger partial charge in [0.2, 0.25) is 6.41 Å². The Hall–Kier alpha value is -1.49. The number of ether oxygens (including phenoxy) is 1. The summed E-state index contributed by atoms with van der Waals surface area (Å²) in [6.07, 6.45) is 0.514. The minimum atomic E-state index is -0.286. The van der Waals surface area contributed by atoms with E-state index in [1.165, 1.54) is 7.11 Å². The van der Waals surface area contributed by atoms with Gasteiger partial charge in [0.25, 0.3) is 5.24 Å². The fraction of sp³-hybridized carbons (Fsp3) is 0.273. The van der Waals surface area contributed by atoms with Crippen LogP contribution in [0.2, 0.25) is 0 Å². The van der Waals surface area contributed by atoms with Crippen molar-refractivity contribution in [1.82, 2.24) is 0 Å². The zero-order valence-electron chi connectivity index (χ0n) is 9.17. The molecule has 0 aliphatic heterocycles. The Bertz CT molecular complexity index is 381. The second-order valence-corrected chi connectivity index (χ2v) is 4.09. The third-order valence-electron chi connectivity index (χ3n) is 1.90. The van der Waals surface area contributed by atoms with E-state index < -0.39 is 0 Å². The summed E-state index contributed by atoms with van der Waals surface area (Å²) in [5.74, 6) is 1.24. The Balaban J connectivity index is 2.94. The number of amides is 2. The first-order valence-corrected chi connectivity index (χ1v) is 5.76. The molecule has 16 heavy (non-hydrogen) atoms. The highest BCUT2D eigenvalue weighted by molar-refractivity contribution is 8.13. The second kappa shape index (κ2) is 6.17. The molecule has 0 heterocycles. The van der Waals surface area contributed by atoms with E-state index in [4.69, 9.17) is 4.74 Å². The Morgan fingerprint density at radius 1 is 1.56 bits per heavy atom. The van der Waals surface area contributed by atoms with Gasteiger partial charge in [0.1, 0.15) is 5.75 Å². The van der Waals surface area contributed by atoms with Crippen molar-refractivity contribution in [3.63, 3.8) is 0 Å². The third kappa shape index (κ3) is 3.00. The predicted octanol–water partition coefficient (Wildman–Crippen LogP) is 2.53. The van der Waals surface area contributed by atoms with Crippen LogP contribution in [0.1, 0.15) is 6.92 Å². The molecule has 1 aromatic rings. The number of rotatable bonds is 4. The maximum atomic E-state index is 11.6. The highest BCUT2D eigenvalue weighted by atomic mass is 32.2. The van der Waals surface area contributed by atoms with Gasteiger partial charge >= 0.3 is 0 Å². The number of nitrogens with zero attached hydrogens (tertiary/aromatic N) is 1. The summed E-state index contributed by atoms with van der Waals surface area (Å²) >= 11 is 1.09. The summed E-state index contributed by atoms with van der Waals surface area (Å²) in [5.41, 5.74) is 0.514. The van der Waals surface area contributed by atoms with Crippen molar-refractivity contribution in [3.8, 4) is 5.75 Å². The lowest BCUT2D eigenvalue weighted by molar-refractivity contribution is -0.106. The molecule has 4 nitrogen and oxygen atoms in total. The number of methoxy groups -OCH3 is 1. The molecule has 0 fully saturated rings. The Morgan fingerprint density at radius 2 is 2.31 bits per heavy atom. The van der Waals surface area contributed by atoms with Crippen molar-refractivity contribution in [2.24, 2.45) is 0 Å². The van der Waals surface area contributed by atoms with Gasteiger partial charge in [-0.3, -0.25) is 9.59 Å². The number of carbonyl (C=O) groups is 2. The highest BCUT2D eigenvalue weighted by Gasteiger charge is 2.14. The first-order chi connectivity index (χ1) is 7.72. The molecule has 1 rings (SSSR count). The molecule has 0 saturated carbocycles. The van der Waals surface area contributed by atoms with Crippen LogP contribution in [-0.4, -0.2) is 24.5 Å². The lowest BCUT2D eigenvalue weighted by Crippen LogP contribution is -2.25. The monoisotopic (exact) mass is 239 g/mol. The molecule has 5 heteroatoms. The first-order valence-electron chi connectivity index (χ1n) is 4.78. The summed E-state index contributed by atoms with van der Waals surface area (Å²) in [4.78, 5) is 23.5. The first kappa shape index (κ1) is 12.6. The van der Waals surface area contributed by atoms with E-state index in [0.29, 0.717) is 23.6 Å². The maximum Gasteiger partial charge on any atom is 0.292 e. The molecule has 0 N–H and O–H groups in total. The average Bonchev–Trinajstić information content (AvgIpc) is 2.31. The van der Waals surface area contributed by atoms with Crippen molar-refractivity contribution in [1.29, 1.82) is 0 Å². The molecule has 1 aromatic carbocycles. The summed E-state index contributed by atoms with van der Waals surface area (Å²) in [7, 11) is 1.53. The van der Waals surface area contributed by atoms with E-state index in [9.17, 15) is 9.59 Å². The molecule has 0 unspecified atom stereocenters. The molecule has 0 saturated heterocycles. The largest absolute Gasteiger partial charge is 0.497 e. The lowest BCUT2D eigenvalue weighted by atomic mass is 10.3. The number of benzene rings is 1. The summed E-state index contributed by atoms with van der Waals surface area (Å²) < 4.78 is 5.03. The summed E-state index contributed by atoms with van der Waals surface area (Å²) in [6, 6.07) is 6.81. The van der Waals surface area contributed by atoms with E-state index in [2.05, 4.69) is 0 Å². The molecule has 0 aliphatic carbocycles. The van der Waals surface area contributed by atoms with Crippen LogP contribution in [0.4, 0.5) is 10.5 Å². The molecule has 0 radical (unpaired) electrons. The fourth-order valence-electron chi connectivity index (χ4n) is 1.16. The molecular weight excluding hydrogens is 226 g/mol.